The van der Waals surface area contributed by atoms with Gasteiger partial charge in [0.15, 0.2) is 0 Å². The molecule has 2 aliphatic rings. The van der Waals surface area contributed by atoms with E-state index in [4.69, 9.17) is 0 Å². The van der Waals surface area contributed by atoms with E-state index in [2.05, 4.69) is 27.7 Å². The van der Waals surface area contributed by atoms with E-state index < -0.39 is 0 Å². The molecule has 0 spiro atoms. The minimum Gasteiger partial charge on any atom is -0.280 e. The van der Waals surface area contributed by atoms with E-state index in [9.17, 15) is 9.59 Å². The van der Waals surface area contributed by atoms with Crippen molar-refractivity contribution in [2.45, 2.75) is 61.4 Å². The second kappa shape index (κ2) is 5.87. The Morgan fingerprint density at radius 2 is 1.20 bits per heavy atom. The molecule has 2 rings (SSSR count). The second-order valence-electron chi connectivity index (χ2n) is 7.24. The van der Waals surface area contributed by atoms with Crippen LogP contribution in [0.4, 0.5) is 0 Å². The number of likely N-dealkylation sites (tertiary alicyclic amines) is 1. The average molecular weight is 281 g/mol. The number of amides is 2. The van der Waals surface area contributed by atoms with Crippen molar-refractivity contribution in [3.63, 3.8) is 0 Å². The molecule has 0 N–H and O–H groups in total. The summed E-state index contributed by atoms with van der Waals surface area (Å²) in [5.41, 5.74) is 0. The molecule has 0 aromatic heterocycles. The van der Waals surface area contributed by atoms with Crippen molar-refractivity contribution < 1.29 is 9.59 Å². The van der Waals surface area contributed by atoms with Gasteiger partial charge in [-0.05, 0) is 43.9 Å². The van der Waals surface area contributed by atoms with Gasteiger partial charge in [0.1, 0.15) is 0 Å². The maximum Gasteiger partial charge on any atom is 0.233 e. The van der Waals surface area contributed by atoms with E-state index >= 15 is 0 Å². The first-order valence-corrected chi connectivity index (χ1v) is 7.64. The van der Waals surface area contributed by atoms with Gasteiger partial charge in [-0.1, -0.05) is 35.1 Å². The molecule has 1 saturated heterocycles. The Balaban J connectivity index is 0.00000200. The van der Waals surface area contributed by atoms with Crippen LogP contribution in [0.5, 0.6) is 0 Å². The van der Waals surface area contributed by atoms with Gasteiger partial charge in [0.2, 0.25) is 11.8 Å². The molecule has 116 valence electrons. The molecule has 4 unspecified atom stereocenters. The number of hydrogen-bond donors (Lipinski definition) is 0. The molecular formula is C17H31NO2. The molecule has 4 atom stereocenters. The van der Waals surface area contributed by atoms with Crippen LogP contribution >= 0.6 is 0 Å². The summed E-state index contributed by atoms with van der Waals surface area (Å²) in [5, 5.41) is 0. The summed E-state index contributed by atoms with van der Waals surface area (Å²) in [6.45, 7) is 12.6. The van der Waals surface area contributed by atoms with Gasteiger partial charge < -0.3 is 0 Å². The molecule has 20 heavy (non-hydrogen) atoms. The van der Waals surface area contributed by atoms with Crippen molar-refractivity contribution in [3.05, 3.63) is 0 Å². The molecular weight excluding hydrogens is 250 g/mol. The third kappa shape index (κ3) is 2.40. The Hall–Kier alpha value is -0.860. The highest BCUT2D eigenvalue weighted by atomic mass is 16.2. The summed E-state index contributed by atoms with van der Waals surface area (Å²) >= 11 is 0. The van der Waals surface area contributed by atoms with Gasteiger partial charge in [0, 0.05) is 6.04 Å². The van der Waals surface area contributed by atoms with Crippen molar-refractivity contribution >= 4 is 11.8 Å². The highest BCUT2D eigenvalue weighted by molar-refractivity contribution is 6.06. The van der Waals surface area contributed by atoms with E-state index in [0.717, 1.165) is 6.42 Å². The topological polar surface area (TPSA) is 37.4 Å². The van der Waals surface area contributed by atoms with Crippen LogP contribution in [-0.2, 0) is 9.59 Å². The number of hydrogen-bond acceptors (Lipinski definition) is 2. The molecule has 2 fully saturated rings. The van der Waals surface area contributed by atoms with Crippen LogP contribution in [0.3, 0.4) is 0 Å². The lowest BCUT2D eigenvalue weighted by Gasteiger charge is -2.26. The molecule has 2 amide bonds. The number of carbonyl (C=O) groups is 2. The van der Waals surface area contributed by atoms with Crippen LogP contribution in [-0.4, -0.2) is 22.8 Å². The normalized spacial score (nSPS) is 33.4. The predicted molar refractivity (Wildman–Crippen MR) is 82.0 cm³/mol. The summed E-state index contributed by atoms with van der Waals surface area (Å²) in [6.07, 6.45) is 1.04. The highest BCUT2D eigenvalue weighted by Gasteiger charge is 2.59. The maximum absolute atomic E-state index is 12.6. The lowest BCUT2D eigenvalue weighted by Crippen LogP contribution is -2.39. The number of fused-ring (bicyclic) bond motifs is 1. The summed E-state index contributed by atoms with van der Waals surface area (Å²) in [7, 11) is 0. The Bertz CT molecular complexity index is 354. The van der Waals surface area contributed by atoms with Crippen LogP contribution in [0.15, 0.2) is 0 Å². The second-order valence-corrected chi connectivity index (χ2v) is 7.24. The fraction of sp³-hybridized carbons (Fsp3) is 0.882. The van der Waals surface area contributed by atoms with E-state index in [0.29, 0.717) is 23.7 Å². The van der Waals surface area contributed by atoms with Crippen molar-refractivity contribution in [1.29, 1.82) is 0 Å². The molecule has 1 aliphatic carbocycles. The monoisotopic (exact) mass is 281 g/mol. The Morgan fingerprint density at radius 3 is 1.45 bits per heavy atom. The molecule has 1 heterocycles. The zero-order chi connectivity index (χ0) is 14.5. The molecule has 0 radical (unpaired) electrons. The molecule has 3 nitrogen and oxygen atoms in total. The van der Waals surface area contributed by atoms with Crippen LogP contribution in [0.2, 0.25) is 0 Å². The predicted octanol–water partition coefficient (Wildman–Crippen LogP) is 3.58. The Kier molecular flexibility index (Phi) is 5.04. The molecule has 0 aromatic rings. The zero-order valence-corrected chi connectivity index (χ0v) is 13.0. The lowest BCUT2D eigenvalue weighted by atomic mass is 9.82. The summed E-state index contributed by atoms with van der Waals surface area (Å²) in [4.78, 5) is 26.8. The smallest absolute Gasteiger partial charge is 0.233 e. The number of rotatable bonds is 3. The molecule has 0 aromatic carbocycles. The summed E-state index contributed by atoms with van der Waals surface area (Å²) in [6, 6.07) is -0.00813. The standard InChI is InChI=1S/C16H27NO2.CH4/c1-8(2)11-7-12(9(3)4)14-13(11)15(18)17(10(5)6)16(14)19;/h8-14H,7H2,1-6H3;1H4. The summed E-state index contributed by atoms with van der Waals surface area (Å²) in [5.74, 6) is 1.76. The van der Waals surface area contributed by atoms with Crippen molar-refractivity contribution in [1.82, 2.24) is 4.90 Å². The molecule has 1 aliphatic heterocycles. The summed E-state index contributed by atoms with van der Waals surface area (Å²) < 4.78 is 0. The van der Waals surface area contributed by atoms with E-state index in [-0.39, 0.29) is 37.1 Å². The van der Waals surface area contributed by atoms with Gasteiger partial charge in [-0.2, -0.15) is 0 Å². The number of imide groups is 1. The first-order chi connectivity index (χ1) is 8.77. The largest absolute Gasteiger partial charge is 0.280 e. The fourth-order valence-corrected chi connectivity index (χ4v) is 4.13. The van der Waals surface area contributed by atoms with Gasteiger partial charge in [0.05, 0.1) is 11.8 Å². The molecule has 1 saturated carbocycles. The van der Waals surface area contributed by atoms with Gasteiger partial charge in [-0.15, -0.1) is 0 Å². The van der Waals surface area contributed by atoms with Crippen molar-refractivity contribution in [3.8, 4) is 0 Å². The van der Waals surface area contributed by atoms with Gasteiger partial charge in [0.25, 0.3) is 0 Å². The third-order valence-electron chi connectivity index (χ3n) is 5.13. The molecule has 3 heteroatoms. The van der Waals surface area contributed by atoms with Gasteiger partial charge >= 0.3 is 0 Å². The fourth-order valence-electron chi connectivity index (χ4n) is 4.13. The van der Waals surface area contributed by atoms with E-state index in [1.165, 1.54) is 4.90 Å². The Labute approximate surface area is 124 Å². The zero-order valence-electron chi connectivity index (χ0n) is 13.0. The van der Waals surface area contributed by atoms with Crippen molar-refractivity contribution in [2.75, 3.05) is 0 Å². The quantitative estimate of drug-likeness (QED) is 0.741. The maximum atomic E-state index is 12.6. The van der Waals surface area contributed by atoms with Crippen LogP contribution in [0, 0.1) is 35.5 Å². The minimum absolute atomic E-state index is 0. The Morgan fingerprint density at radius 1 is 0.850 bits per heavy atom. The highest BCUT2D eigenvalue weighted by Crippen LogP contribution is 2.52. The first-order valence-electron chi connectivity index (χ1n) is 7.64. The number of carbonyl (C=O) groups excluding carboxylic acids is 2. The van der Waals surface area contributed by atoms with Gasteiger partial charge in [-0.3, -0.25) is 14.5 Å². The van der Waals surface area contributed by atoms with Crippen LogP contribution in [0.25, 0.3) is 0 Å². The van der Waals surface area contributed by atoms with E-state index in [1.807, 2.05) is 13.8 Å². The van der Waals surface area contributed by atoms with Crippen molar-refractivity contribution in [2.24, 2.45) is 35.5 Å². The van der Waals surface area contributed by atoms with Crippen LogP contribution < -0.4 is 0 Å². The van der Waals surface area contributed by atoms with Crippen LogP contribution in [0.1, 0.15) is 55.4 Å². The number of nitrogens with zero attached hydrogens (tertiary/aromatic N) is 1. The SMILES string of the molecule is C.CC(C)C1CC(C(C)C)C2C(=O)N(C(C)C)C(=O)C12. The third-order valence-corrected chi connectivity index (χ3v) is 5.13. The minimum atomic E-state index is -0.0534. The van der Waals surface area contributed by atoms with Gasteiger partial charge in [-0.25, -0.2) is 0 Å². The average Bonchev–Trinajstić information content (AvgIpc) is 2.77. The lowest BCUT2D eigenvalue weighted by molar-refractivity contribution is -0.143. The van der Waals surface area contributed by atoms with E-state index in [1.54, 1.807) is 0 Å². The molecule has 0 bridgehead atoms. The first kappa shape index (κ1) is 17.2.